The van der Waals surface area contributed by atoms with Crippen molar-refractivity contribution < 1.29 is 39.0 Å². The van der Waals surface area contributed by atoms with Gasteiger partial charge in [-0.15, -0.1) is 0 Å². The molecule has 29 heavy (non-hydrogen) atoms. The van der Waals surface area contributed by atoms with E-state index >= 15 is 0 Å². The van der Waals surface area contributed by atoms with Crippen LogP contribution in [0.25, 0.3) is 0 Å². The SMILES string of the molecule is CC(NC(=O)C(CC(N)=O)NC(=O)C1CCCN1C(=O)C(N)CC(=O)O)C(=O)O. The smallest absolute Gasteiger partial charge is 0.325 e. The average molecular weight is 415 g/mol. The van der Waals surface area contributed by atoms with Gasteiger partial charge in [0, 0.05) is 6.54 Å². The molecule has 0 radical (unpaired) electrons. The molecule has 1 saturated heterocycles. The number of primary amides is 1. The van der Waals surface area contributed by atoms with Gasteiger partial charge in [-0.25, -0.2) is 0 Å². The molecule has 4 atom stereocenters. The molecule has 1 heterocycles. The lowest BCUT2D eigenvalue weighted by atomic mass is 10.1. The maximum atomic E-state index is 12.6. The maximum Gasteiger partial charge on any atom is 0.325 e. The van der Waals surface area contributed by atoms with Crippen LogP contribution in [0, 0.1) is 0 Å². The zero-order chi connectivity index (χ0) is 22.3. The molecule has 13 heteroatoms. The van der Waals surface area contributed by atoms with Crippen molar-refractivity contribution in [1.82, 2.24) is 15.5 Å². The second kappa shape index (κ2) is 10.4. The summed E-state index contributed by atoms with van der Waals surface area (Å²) in [4.78, 5) is 71.2. The molecule has 0 bridgehead atoms. The molecule has 1 rings (SSSR count). The van der Waals surface area contributed by atoms with Crippen molar-refractivity contribution in [3.05, 3.63) is 0 Å². The van der Waals surface area contributed by atoms with E-state index in [-0.39, 0.29) is 13.0 Å². The van der Waals surface area contributed by atoms with E-state index in [9.17, 15) is 28.8 Å². The van der Waals surface area contributed by atoms with Gasteiger partial charge in [0.25, 0.3) is 0 Å². The molecule has 4 amide bonds. The van der Waals surface area contributed by atoms with Crippen LogP contribution in [0.2, 0.25) is 0 Å². The first-order chi connectivity index (χ1) is 13.4. The molecule has 162 valence electrons. The number of carbonyl (C=O) groups is 6. The number of nitrogens with one attached hydrogen (secondary N) is 2. The first-order valence-corrected chi connectivity index (χ1v) is 8.83. The molecule has 1 fully saturated rings. The van der Waals surface area contributed by atoms with Gasteiger partial charge in [0.15, 0.2) is 0 Å². The Balaban J connectivity index is 2.87. The fourth-order valence-electron chi connectivity index (χ4n) is 2.85. The average Bonchev–Trinajstić information content (AvgIpc) is 3.08. The molecule has 13 nitrogen and oxygen atoms in total. The number of likely N-dealkylation sites (tertiary alicyclic amines) is 1. The van der Waals surface area contributed by atoms with E-state index < -0.39 is 72.6 Å². The summed E-state index contributed by atoms with van der Waals surface area (Å²) in [5.74, 6) is -5.90. The molecule has 0 aromatic carbocycles. The Hall–Kier alpha value is -3.22. The fraction of sp³-hybridized carbons (Fsp3) is 0.625. The second-order valence-electron chi connectivity index (χ2n) is 6.69. The Kier molecular flexibility index (Phi) is 8.51. The van der Waals surface area contributed by atoms with Crippen molar-refractivity contribution >= 4 is 35.6 Å². The molecular weight excluding hydrogens is 390 g/mol. The minimum atomic E-state index is -1.44. The van der Waals surface area contributed by atoms with Crippen LogP contribution < -0.4 is 22.1 Å². The third-order valence-corrected chi connectivity index (χ3v) is 4.32. The van der Waals surface area contributed by atoms with Crippen LogP contribution in [0.5, 0.6) is 0 Å². The lowest BCUT2D eigenvalue weighted by Crippen LogP contribution is -2.57. The number of nitrogens with zero attached hydrogens (tertiary/aromatic N) is 1. The van der Waals surface area contributed by atoms with E-state index in [2.05, 4.69) is 10.6 Å². The molecule has 1 aliphatic rings. The minimum absolute atomic E-state index is 0.174. The van der Waals surface area contributed by atoms with Crippen LogP contribution in [-0.2, 0) is 28.8 Å². The monoisotopic (exact) mass is 415 g/mol. The number of carbonyl (C=O) groups excluding carboxylic acids is 4. The van der Waals surface area contributed by atoms with Crippen LogP contribution in [0.1, 0.15) is 32.6 Å². The summed E-state index contributed by atoms with van der Waals surface area (Å²) in [6.07, 6.45) is -0.493. The number of aliphatic carboxylic acids is 2. The molecule has 8 N–H and O–H groups in total. The van der Waals surface area contributed by atoms with Gasteiger partial charge < -0.3 is 37.2 Å². The summed E-state index contributed by atoms with van der Waals surface area (Å²) in [5.41, 5.74) is 10.7. The Bertz CT molecular complexity index is 697. The van der Waals surface area contributed by atoms with Crippen LogP contribution in [0.3, 0.4) is 0 Å². The van der Waals surface area contributed by atoms with Crippen molar-refractivity contribution in [2.24, 2.45) is 11.5 Å². The molecule has 0 spiro atoms. The maximum absolute atomic E-state index is 12.6. The summed E-state index contributed by atoms with van der Waals surface area (Å²) in [7, 11) is 0. The van der Waals surface area contributed by atoms with E-state index in [1.54, 1.807) is 0 Å². The highest BCUT2D eigenvalue weighted by Gasteiger charge is 2.38. The van der Waals surface area contributed by atoms with E-state index in [4.69, 9.17) is 21.7 Å². The number of amides is 4. The lowest BCUT2D eigenvalue weighted by Gasteiger charge is -2.28. The van der Waals surface area contributed by atoms with E-state index in [1.807, 2.05) is 0 Å². The first kappa shape index (κ1) is 23.8. The zero-order valence-corrected chi connectivity index (χ0v) is 15.8. The number of carboxylic acid groups (broad SMARTS) is 2. The topological polar surface area (TPSA) is 222 Å². The van der Waals surface area contributed by atoms with Gasteiger partial charge in [-0.1, -0.05) is 0 Å². The summed E-state index contributed by atoms with van der Waals surface area (Å²) in [6, 6.07) is -5.05. The highest BCUT2D eigenvalue weighted by atomic mass is 16.4. The molecule has 4 unspecified atom stereocenters. The van der Waals surface area contributed by atoms with Crippen LogP contribution >= 0.6 is 0 Å². The fourth-order valence-corrected chi connectivity index (χ4v) is 2.85. The number of hydrogen-bond acceptors (Lipinski definition) is 7. The van der Waals surface area contributed by atoms with Crippen molar-refractivity contribution in [2.45, 2.75) is 56.8 Å². The van der Waals surface area contributed by atoms with Gasteiger partial charge >= 0.3 is 11.9 Å². The minimum Gasteiger partial charge on any atom is -0.481 e. The van der Waals surface area contributed by atoms with Crippen molar-refractivity contribution in [3.8, 4) is 0 Å². The Morgan fingerprint density at radius 1 is 1.10 bits per heavy atom. The molecule has 0 aliphatic carbocycles. The first-order valence-electron chi connectivity index (χ1n) is 8.83. The molecule has 1 aliphatic heterocycles. The van der Waals surface area contributed by atoms with Gasteiger partial charge in [0.1, 0.15) is 18.1 Å². The Labute approximate surface area is 165 Å². The number of hydrogen-bond donors (Lipinski definition) is 6. The predicted octanol–water partition coefficient (Wildman–Crippen LogP) is -3.27. The summed E-state index contributed by atoms with van der Waals surface area (Å²) in [5, 5.41) is 22.1. The molecular formula is C16H25N5O8. The van der Waals surface area contributed by atoms with Gasteiger partial charge in [-0.05, 0) is 19.8 Å². The zero-order valence-electron chi connectivity index (χ0n) is 15.8. The normalized spacial score (nSPS) is 19.0. The Morgan fingerprint density at radius 2 is 1.72 bits per heavy atom. The van der Waals surface area contributed by atoms with Gasteiger partial charge in [0.05, 0.1) is 18.9 Å². The highest BCUT2D eigenvalue weighted by Crippen LogP contribution is 2.19. The summed E-state index contributed by atoms with van der Waals surface area (Å²) in [6.45, 7) is 1.37. The lowest BCUT2D eigenvalue weighted by molar-refractivity contribution is -0.144. The third kappa shape index (κ3) is 7.03. The second-order valence-corrected chi connectivity index (χ2v) is 6.69. The molecule has 0 aromatic heterocycles. The number of carboxylic acids is 2. The van der Waals surface area contributed by atoms with Gasteiger partial charge in [0.2, 0.25) is 23.6 Å². The van der Waals surface area contributed by atoms with Crippen molar-refractivity contribution in [1.29, 1.82) is 0 Å². The van der Waals surface area contributed by atoms with Gasteiger partial charge in [-0.2, -0.15) is 0 Å². The number of rotatable bonds is 10. The molecule has 0 saturated carbocycles. The Morgan fingerprint density at radius 3 is 2.24 bits per heavy atom. The van der Waals surface area contributed by atoms with Crippen LogP contribution in [0.4, 0.5) is 0 Å². The van der Waals surface area contributed by atoms with E-state index in [0.29, 0.717) is 6.42 Å². The van der Waals surface area contributed by atoms with E-state index in [1.165, 1.54) is 6.92 Å². The molecule has 0 aromatic rings. The van der Waals surface area contributed by atoms with E-state index in [0.717, 1.165) is 4.90 Å². The van der Waals surface area contributed by atoms with Crippen LogP contribution in [-0.4, -0.2) is 81.4 Å². The van der Waals surface area contributed by atoms with Crippen molar-refractivity contribution in [3.63, 3.8) is 0 Å². The van der Waals surface area contributed by atoms with Crippen LogP contribution in [0.15, 0.2) is 0 Å². The third-order valence-electron chi connectivity index (χ3n) is 4.32. The summed E-state index contributed by atoms with van der Waals surface area (Å²) >= 11 is 0. The van der Waals surface area contributed by atoms with Gasteiger partial charge in [-0.3, -0.25) is 28.8 Å². The number of nitrogens with two attached hydrogens (primary N) is 2. The standard InChI is InChI=1S/C16H25N5O8/c1-7(16(28)29)19-13(25)9(6-11(18)22)20-14(26)10-3-2-4-21(10)15(27)8(17)5-12(23)24/h7-10H,2-6,17H2,1H3,(H2,18,22)(H,19,25)(H,20,26)(H,23,24)(H,28,29). The highest BCUT2D eigenvalue weighted by molar-refractivity contribution is 5.96. The predicted molar refractivity (Wildman–Crippen MR) is 95.9 cm³/mol. The summed E-state index contributed by atoms with van der Waals surface area (Å²) < 4.78 is 0. The quantitative estimate of drug-likeness (QED) is 0.210. The van der Waals surface area contributed by atoms with Crippen molar-refractivity contribution in [2.75, 3.05) is 6.54 Å². The largest absolute Gasteiger partial charge is 0.481 e.